The highest BCUT2D eigenvalue weighted by Gasteiger charge is 2.24. The third kappa shape index (κ3) is 3.54. The minimum Gasteiger partial charge on any atom is -0.327 e. The fraction of sp³-hybridized carbons (Fsp3) is 0.381. The molecule has 0 aliphatic carbocycles. The Balaban J connectivity index is 1.60. The van der Waals surface area contributed by atoms with Crippen LogP contribution in [0.2, 0.25) is 0 Å². The van der Waals surface area contributed by atoms with Gasteiger partial charge >= 0.3 is 0 Å². The summed E-state index contributed by atoms with van der Waals surface area (Å²) in [4.78, 5) is 14.1. The lowest BCUT2D eigenvalue weighted by Gasteiger charge is -2.29. The Morgan fingerprint density at radius 2 is 1.44 bits per heavy atom. The summed E-state index contributed by atoms with van der Waals surface area (Å²) in [6.45, 7) is 2.78. The fourth-order valence-corrected chi connectivity index (χ4v) is 4.02. The molecule has 0 bridgehead atoms. The highest BCUT2D eigenvalue weighted by atomic mass is 16.2. The summed E-state index contributed by atoms with van der Waals surface area (Å²) in [5.74, 6) is 0.100. The van der Waals surface area contributed by atoms with Crippen molar-refractivity contribution in [3.8, 4) is 0 Å². The quantitative estimate of drug-likeness (QED) is 0.900. The van der Waals surface area contributed by atoms with Gasteiger partial charge in [-0.25, -0.2) is 0 Å². The van der Waals surface area contributed by atoms with Gasteiger partial charge in [-0.3, -0.25) is 15.2 Å². The van der Waals surface area contributed by atoms with Crippen molar-refractivity contribution in [3.63, 3.8) is 0 Å². The molecule has 2 aliphatic rings. The standard InChI is InChI=1S/C21H25N3O/c25-21(16-23-14-6-1-7-15-23)22-24-19-10-4-2-8-17(19)12-13-18-9-3-5-11-20(18)24/h2-5,8-11H,1,6-7,12-16H2,(H,22,25)/p+1. The second-order valence-corrected chi connectivity index (χ2v) is 7.12. The smallest absolute Gasteiger partial charge is 0.293 e. The summed E-state index contributed by atoms with van der Waals surface area (Å²) >= 11 is 0. The van der Waals surface area contributed by atoms with Crippen LogP contribution in [0.1, 0.15) is 30.4 Å². The number of carbonyl (C=O) groups excluding carboxylic acids is 1. The molecule has 2 heterocycles. The van der Waals surface area contributed by atoms with Crippen LogP contribution in [0.25, 0.3) is 0 Å². The normalized spacial score (nSPS) is 17.4. The number of quaternary nitrogens is 1. The first kappa shape index (κ1) is 16.2. The third-order valence-electron chi connectivity index (χ3n) is 5.34. The molecular formula is C21H26N3O+. The van der Waals surface area contributed by atoms with Crippen LogP contribution in [0.4, 0.5) is 11.4 Å². The number of anilines is 2. The van der Waals surface area contributed by atoms with Crippen molar-refractivity contribution >= 4 is 17.3 Å². The molecule has 4 heteroatoms. The number of piperidine rings is 1. The zero-order valence-corrected chi connectivity index (χ0v) is 14.6. The van der Waals surface area contributed by atoms with E-state index in [0.29, 0.717) is 6.54 Å². The number of fused-ring (bicyclic) bond motifs is 2. The molecule has 4 nitrogen and oxygen atoms in total. The Labute approximate surface area is 149 Å². The Morgan fingerprint density at radius 3 is 2.04 bits per heavy atom. The molecule has 0 atom stereocenters. The van der Waals surface area contributed by atoms with Gasteiger partial charge in [0, 0.05) is 0 Å². The van der Waals surface area contributed by atoms with Gasteiger partial charge in [0.25, 0.3) is 5.91 Å². The number of rotatable bonds is 3. The first-order chi connectivity index (χ1) is 12.3. The number of nitrogens with one attached hydrogen (secondary N) is 2. The van der Waals surface area contributed by atoms with Crippen LogP contribution >= 0.6 is 0 Å². The summed E-state index contributed by atoms with van der Waals surface area (Å²) in [6.07, 6.45) is 5.77. The SMILES string of the molecule is O=C(C[NH+]1CCCCC1)NN1c2ccccc2CCc2ccccc21. The Hall–Kier alpha value is -2.33. The second kappa shape index (κ2) is 7.28. The Bertz CT molecular complexity index is 705. The van der Waals surface area contributed by atoms with E-state index in [1.807, 2.05) is 17.1 Å². The topological polar surface area (TPSA) is 36.8 Å². The van der Waals surface area contributed by atoms with Gasteiger partial charge < -0.3 is 4.90 Å². The number of nitrogens with zero attached hydrogens (tertiary/aromatic N) is 1. The van der Waals surface area contributed by atoms with Crippen molar-refractivity contribution in [2.75, 3.05) is 24.6 Å². The lowest BCUT2D eigenvalue weighted by Crippen LogP contribution is -3.14. The van der Waals surface area contributed by atoms with Gasteiger partial charge in [0.1, 0.15) is 0 Å². The van der Waals surface area contributed by atoms with Crippen LogP contribution in [-0.2, 0) is 17.6 Å². The third-order valence-corrected chi connectivity index (χ3v) is 5.34. The minimum absolute atomic E-state index is 0.100. The number of hydrazine groups is 1. The van der Waals surface area contributed by atoms with Crippen molar-refractivity contribution in [2.24, 2.45) is 0 Å². The monoisotopic (exact) mass is 336 g/mol. The maximum atomic E-state index is 12.7. The van der Waals surface area contributed by atoms with E-state index in [1.165, 1.54) is 35.3 Å². The lowest BCUT2D eigenvalue weighted by molar-refractivity contribution is -0.896. The van der Waals surface area contributed by atoms with Crippen LogP contribution in [-0.4, -0.2) is 25.5 Å². The summed E-state index contributed by atoms with van der Waals surface area (Å²) in [6, 6.07) is 16.8. The highest BCUT2D eigenvalue weighted by molar-refractivity contribution is 5.83. The van der Waals surface area contributed by atoms with Crippen LogP contribution < -0.4 is 15.3 Å². The van der Waals surface area contributed by atoms with Gasteiger partial charge in [-0.1, -0.05) is 36.4 Å². The maximum absolute atomic E-state index is 12.7. The molecule has 130 valence electrons. The first-order valence-electron chi connectivity index (χ1n) is 9.40. The summed E-state index contributed by atoms with van der Waals surface area (Å²) in [5, 5.41) is 2.00. The number of benzene rings is 2. The van der Waals surface area contributed by atoms with E-state index in [2.05, 4.69) is 41.8 Å². The van der Waals surface area contributed by atoms with Gasteiger partial charge in [-0.15, -0.1) is 0 Å². The number of hydrogen-bond acceptors (Lipinski definition) is 2. The Kier molecular flexibility index (Phi) is 4.70. The van der Waals surface area contributed by atoms with E-state index in [1.54, 1.807) is 0 Å². The predicted octanol–water partition coefficient (Wildman–Crippen LogP) is 2.02. The van der Waals surface area contributed by atoms with Crippen molar-refractivity contribution < 1.29 is 9.69 Å². The minimum atomic E-state index is 0.100. The number of para-hydroxylation sites is 2. The number of likely N-dealkylation sites (tertiary alicyclic amines) is 1. The van der Waals surface area contributed by atoms with E-state index < -0.39 is 0 Å². The Morgan fingerprint density at radius 1 is 0.880 bits per heavy atom. The van der Waals surface area contributed by atoms with Gasteiger partial charge in [0.2, 0.25) is 0 Å². The molecule has 0 unspecified atom stereocenters. The van der Waals surface area contributed by atoms with Crippen LogP contribution in [0.15, 0.2) is 48.5 Å². The van der Waals surface area contributed by atoms with E-state index in [-0.39, 0.29) is 5.91 Å². The lowest BCUT2D eigenvalue weighted by atomic mass is 10.0. The van der Waals surface area contributed by atoms with Crippen LogP contribution in [0.5, 0.6) is 0 Å². The van der Waals surface area contributed by atoms with Crippen molar-refractivity contribution in [2.45, 2.75) is 32.1 Å². The zero-order chi connectivity index (χ0) is 17.1. The molecule has 1 saturated heterocycles. The van der Waals surface area contributed by atoms with E-state index in [4.69, 9.17) is 0 Å². The number of hydrogen-bond donors (Lipinski definition) is 2. The average Bonchev–Trinajstić information content (AvgIpc) is 2.80. The second-order valence-electron chi connectivity index (χ2n) is 7.12. The van der Waals surface area contributed by atoms with Gasteiger partial charge in [-0.2, -0.15) is 0 Å². The summed E-state index contributed by atoms with van der Waals surface area (Å²) < 4.78 is 0. The average molecular weight is 336 g/mol. The van der Waals surface area contributed by atoms with Gasteiger partial charge in [-0.05, 0) is 55.4 Å². The number of carbonyl (C=O) groups is 1. The highest BCUT2D eigenvalue weighted by Crippen LogP contribution is 2.34. The maximum Gasteiger partial charge on any atom is 0.293 e. The molecule has 4 rings (SSSR count). The van der Waals surface area contributed by atoms with E-state index in [9.17, 15) is 4.79 Å². The van der Waals surface area contributed by atoms with Gasteiger partial charge in [0.05, 0.1) is 24.5 Å². The zero-order valence-electron chi connectivity index (χ0n) is 14.6. The molecule has 0 radical (unpaired) electrons. The van der Waals surface area contributed by atoms with E-state index in [0.717, 1.165) is 37.3 Å². The summed E-state index contributed by atoms with van der Waals surface area (Å²) in [7, 11) is 0. The van der Waals surface area contributed by atoms with Crippen molar-refractivity contribution in [1.29, 1.82) is 0 Å². The molecule has 25 heavy (non-hydrogen) atoms. The molecular weight excluding hydrogens is 310 g/mol. The molecule has 0 aromatic heterocycles. The first-order valence-corrected chi connectivity index (χ1v) is 9.40. The molecule has 1 amide bonds. The van der Waals surface area contributed by atoms with Gasteiger partial charge in [0.15, 0.2) is 6.54 Å². The van der Waals surface area contributed by atoms with Crippen molar-refractivity contribution in [1.82, 2.24) is 5.43 Å². The molecule has 0 saturated carbocycles. The number of amides is 1. The molecule has 1 fully saturated rings. The number of aryl methyl sites for hydroxylation is 2. The molecule has 2 aromatic rings. The predicted molar refractivity (Wildman–Crippen MR) is 100.0 cm³/mol. The molecule has 2 N–H and O–H groups in total. The largest absolute Gasteiger partial charge is 0.327 e. The van der Waals surface area contributed by atoms with Crippen molar-refractivity contribution in [3.05, 3.63) is 59.7 Å². The summed E-state index contributed by atoms with van der Waals surface area (Å²) in [5.41, 5.74) is 7.94. The molecule has 2 aromatic carbocycles. The molecule has 0 spiro atoms. The van der Waals surface area contributed by atoms with E-state index >= 15 is 0 Å². The molecule has 2 aliphatic heterocycles. The van der Waals surface area contributed by atoms with Crippen LogP contribution in [0.3, 0.4) is 0 Å². The van der Waals surface area contributed by atoms with Crippen LogP contribution in [0, 0.1) is 0 Å². The fourth-order valence-electron chi connectivity index (χ4n) is 4.02.